The number of rotatable bonds is 4. The van der Waals surface area contributed by atoms with Gasteiger partial charge in [-0.1, -0.05) is 12.1 Å². The summed E-state index contributed by atoms with van der Waals surface area (Å²) in [5.41, 5.74) is 1.02. The van der Waals surface area contributed by atoms with Crippen LogP contribution in [-0.4, -0.2) is 17.7 Å². The van der Waals surface area contributed by atoms with Gasteiger partial charge in [-0.15, -0.1) is 0 Å². The summed E-state index contributed by atoms with van der Waals surface area (Å²) < 4.78 is 1.14. The van der Waals surface area contributed by atoms with Gasteiger partial charge < -0.3 is 5.32 Å². The molecular formula is C14H15IN2O3. The average molecular weight is 386 g/mol. The molecule has 0 bridgehead atoms. The van der Waals surface area contributed by atoms with Crippen LogP contribution in [0.3, 0.4) is 0 Å². The maximum atomic E-state index is 11.8. The maximum Gasteiger partial charge on any atom is 0.230 e. The number of imide groups is 1. The molecule has 5 nitrogen and oxygen atoms in total. The molecule has 0 aliphatic carbocycles. The van der Waals surface area contributed by atoms with E-state index in [9.17, 15) is 14.4 Å². The third kappa shape index (κ3) is 4.29. The van der Waals surface area contributed by atoms with Crippen LogP contribution in [0.25, 0.3) is 0 Å². The lowest BCUT2D eigenvalue weighted by molar-refractivity contribution is -0.138. The Morgan fingerprint density at radius 3 is 2.65 bits per heavy atom. The molecular weight excluding hydrogens is 371 g/mol. The van der Waals surface area contributed by atoms with Crippen molar-refractivity contribution in [2.75, 3.05) is 0 Å². The number of hydrogen-bond donors (Lipinski definition) is 2. The Morgan fingerprint density at radius 2 is 2.00 bits per heavy atom. The minimum absolute atomic E-state index is 0.128. The normalized spacial score (nSPS) is 18.6. The topological polar surface area (TPSA) is 75.3 Å². The zero-order valence-corrected chi connectivity index (χ0v) is 13.0. The zero-order chi connectivity index (χ0) is 14.5. The van der Waals surface area contributed by atoms with E-state index >= 15 is 0 Å². The molecule has 1 atom stereocenters. The second kappa shape index (κ2) is 6.83. The van der Waals surface area contributed by atoms with Gasteiger partial charge in [-0.2, -0.15) is 0 Å². The molecule has 1 aromatic carbocycles. The monoisotopic (exact) mass is 386 g/mol. The van der Waals surface area contributed by atoms with Crippen LogP contribution in [0.5, 0.6) is 0 Å². The van der Waals surface area contributed by atoms with E-state index < -0.39 is 5.92 Å². The first-order valence-corrected chi connectivity index (χ1v) is 7.47. The molecule has 6 heteroatoms. The summed E-state index contributed by atoms with van der Waals surface area (Å²) in [5, 5.41) is 5.05. The van der Waals surface area contributed by atoms with Crippen LogP contribution in [0.1, 0.15) is 24.8 Å². The first-order chi connectivity index (χ1) is 9.54. The number of carbonyl (C=O) groups is 3. The van der Waals surface area contributed by atoms with Crippen LogP contribution >= 0.6 is 22.6 Å². The number of nitrogens with one attached hydrogen (secondary N) is 2. The van der Waals surface area contributed by atoms with Crippen molar-refractivity contribution in [3.8, 4) is 0 Å². The van der Waals surface area contributed by atoms with Crippen molar-refractivity contribution >= 4 is 40.3 Å². The predicted molar refractivity (Wildman–Crippen MR) is 81.5 cm³/mol. The molecule has 2 N–H and O–H groups in total. The Kier molecular flexibility index (Phi) is 5.11. The molecule has 106 valence electrons. The number of hydrogen-bond acceptors (Lipinski definition) is 3. The molecule has 0 spiro atoms. The van der Waals surface area contributed by atoms with Gasteiger partial charge in [0.2, 0.25) is 17.7 Å². The largest absolute Gasteiger partial charge is 0.352 e. The van der Waals surface area contributed by atoms with Gasteiger partial charge in [-0.05, 0) is 46.7 Å². The fourth-order valence-electron chi connectivity index (χ4n) is 2.03. The number of amides is 3. The van der Waals surface area contributed by atoms with E-state index in [4.69, 9.17) is 0 Å². The quantitative estimate of drug-likeness (QED) is 0.606. The van der Waals surface area contributed by atoms with E-state index in [1.54, 1.807) is 0 Å². The molecule has 1 aliphatic rings. The van der Waals surface area contributed by atoms with Crippen LogP contribution in [-0.2, 0) is 20.9 Å². The van der Waals surface area contributed by atoms with E-state index in [1.165, 1.54) is 0 Å². The summed E-state index contributed by atoms with van der Waals surface area (Å²) in [5.74, 6) is -1.17. The molecule has 0 aromatic heterocycles. The Hall–Kier alpha value is -1.44. The van der Waals surface area contributed by atoms with Gasteiger partial charge in [-0.25, -0.2) is 0 Å². The minimum atomic E-state index is -0.399. The molecule has 1 heterocycles. The summed E-state index contributed by atoms with van der Waals surface area (Å²) in [6, 6.07) is 7.85. The van der Waals surface area contributed by atoms with E-state index in [0.717, 1.165) is 9.13 Å². The average Bonchev–Trinajstić information content (AvgIpc) is 2.41. The number of carbonyl (C=O) groups excluding carboxylic acids is 3. The second-order valence-electron chi connectivity index (χ2n) is 4.76. The first-order valence-electron chi connectivity index (χ1n) is 6.39. The van der Waals surface area contributed by atoms with Crippen molar-refractivity contribution in [2.24, 2.45) is 5.92 Å². The summed E-state index contributed by atoms with van der Waals surface area (Å²) in [6.07, 6.45) is 0.881. The van der Waals surface area contributed by atoms with Crippen molar-refractivity contribution in [3.05, 3.63) is 33.4 Å². The second-order valence-corrected chi connectivity index (χ2v) is 6.00. The van der Waals surface area contributed by atoms with Gasteiger partial charge in [0.15, 0.2) is 0 Å². The van der Waals surface area contributed by atoms with Gasteiger partial charge in [0.25, 0.3) is 0 Å². The molecule has 20 heavy (non-hydrogen) atoms. The highest BCUT2D eigenvalue weighted by Gasteiger charge is 2.28. The third-order valence-corrected chi connectivity index (χ3v) is 3.91. The van der Waals surface area contributed by atoms with Crippen molar-refractivity contribution < 1.29 is 14.4 Å². The standard InChI is InChI=1S/C14H15IN2O3/c15-11-4-1-9(2-5-11)8-16-13(19)7-10-3-6-12(18)17-14(10)20/h1-2,4-5,10H,3,6-8H2,(H,16,19)(H,17,18,20). The van der Waals surface area contributed by atoms with Crippen LogP contribution in [0.2, 0.25) is 0 Å². The molecule has 1 saturated heterocycles. The lowest BCUT2D eigenvalue weighted by atomic mass is 9.94. The third-order valence-electron chi connectivity index (χ3n) is 3.19. The fourth-order valence-corrected chi connectivity index (χ4v) is 2.39. The van der Waals surface area contributed by atoms with Crippen LogP contribution < -0.4 is 10.6 Å². The number of benzene rings is 1. The molecule has 0 radical (unpaired) electrons. The zero-order valence-electron chi connectivity index (χ0n) is 10.8. The highest BCUT2D eigenvalue weighted by molar-refractivity contribution is 14.1. The van der Waals surface area contributed by atoms with Crippen LogP contribution in [0, 0.1) is 9.49 Å². The molecule has 2 rings (SSSR count). The lowest BCUT2D eigenvalue weighted by Gasteiger charge is -2.20. The van der Waals surface area contributed by atoms with Crippen LogP contribution in [0.4, 0.5) is 0 Å². The SMILES string of the molecule is O=C(CC1CCC(=O)NC1=O)NCc1ccc(I)cc1. The summed E-state index contributed by atoms with van der Waals surface area (Å²) in [6.45, 7) is 0.447. The molecule has 1 aromatic rings. The Bertz CT molecular complexity index is 528. The fraction of sp³-hybridized carbons (Fsp3) is 0.357. The van der Waals surface area contributed by atoms with Gasteiger partial charge in [-0.3, -0.25) is 19.7 Å². The number of piperidine rings is 1. The Morgan fingerprint density at radius 1 is 1.30 bits per heavy atom. The highest BCUT2D eigenvalue weighted by atomic mass is 127. The van der Waals surface area contributed by atoms with E-state index in [0.29, 0.717) is 19.4 Å². The van der Waals surface area contributed by atoms with Crippen molar-refractivity contribution in [3.63, 3.8) is 0 Å². The number of halogens is 1. The molecule has 1 aliphatic heterocycles. The van der Waals surface area contributed by atoms with E-state index in [-0.39, 0.29) is 24.1 Å². The minimum Gasteiger partial charge on any atom is -0.352 e. The molecule has 1 unspecified atom stereocenters. The van der Waals surface area contributed by atoms with E-state index in [2.05, 4.69) is 33.2 Å². The summed E-state index contributed by atoms with van der Waals surface area (Å²) in [4.78, 5) is 34.4. The van der Waals surface area contributed by atoms with Gasteiger partial charge in [0, 0.05) is 28.9 Å². The van der Waals surface area contributed by atoms with Gasteiger partial charge in [0.1, 0.15) is 0 Å². The molecule has 0 saturated carbocycles. The van der Waals surface area contributed by atoms with Crippen molar-refractivity contribution in [1.82, 2.24) is 10.6 Å². The van der Waals surface area contributed by atoms with E-state index in [1.807, 2.05) is 24.3 Å². The Balaban J connectivity index is 1.79. The molecule has 1 fully saturated rings. The predicted octanol–water partition coefficient (Wildman–Crippen LogP) is 1.35. The van der Waals surface area contributed by atoms with Crippen molar-refractivity contribution in [2.45, 2.75) is 25.8 Å². The molecule has 3 amide bonds. The smallest absolute Gasteiger partial charge is 0.230 e. The van der Waals surface area contributed by atoms with Gasteiger partial charge >= 0.3 is 0 Å². The highest BCUT2D eigenvalue weighted by Crippen LogP contribution is 2.16. The summed E-state index contributed by atoms with van der Waals surface area (Å²) >= 11 is 2.22. The first kappa shape index (κ1) is 15.0. The van der Waals surface area contributed by atoms with Crippen LogP contribution in [0.15, 0.2) is 24.3 Å². The maximum absolute atomic E-state index is 11.8. The lowest BCUT2D eigenvalue weighted by Crippen LogP contribution is -2.42. The van der Waals surface area contributed by atoms with Crippen molar-refractivity contribution in [1.29, 1.82) is 0 Å². The Labute approximate surface area is 130 Å². The van der Waals surface area contributed by atoms with Gasteiger partial charge in [0.05, 0.1) is 0 Å². The summed E-state index contributed by atoms with van der Waals surface area (Å²) in [7, 11) is 0.